The van der Waals surface area contributed by atoms with Crippen LogP contribution in [0.25, 0.3) is 0 Å². The van der Waals surface area contributed by atoms with E-state index in [-0.39, 0.29) is 0 Å². The predicted octanol–water partition coefficient (Wildman–Crippen LogP) is 3.16. The van der Waals surface area contributed by atoms with Gasteiger partial charge in [-0.1, -0.05) is 19.1 Å². The molecule has 0 aliphatic carbocycles. The van der Waals surface area contributed by atoms with Crippen molar-refractivity contribution in [1.29, 1.82) is 0 Å². The zero-order valence-corrected chi connectivity index (χ0v) is 12.0. The minimum absolute atomic E-state index is 0.438. The molecule has 1 heterocycles. The van der Waals surface area contributed by atoms with Crippen LogP contribution in [0.1, 0.15) is 37.8 Å². The quantitative estimate of drug-likeness (QED) is 0.819. The Labute approximate surface area is 116 Å². The zero-order valence-electron chi connectivity index (χ0n) is 12.0. The lowest BCUT2D eigenvalue weighted by molar-refractivity contribution is 0.184. The summed E-state index contributed by atoms with van der Waals surface area (Å²) in [5, 5.41) is 3.65. The van der Waals surface area contributed by atoms with E-state index in [4.69, 9.17) is 9.47 Å². The molecule has 19 heavy (non-hydrogen) atoms. The van der Waals surface area contributed by atoms with Crippen molar-refractivity contribution in [3.05, 3.63) is 29.8 Å². The number of nitrogens with one attached hydrogen (secondary N) is 1. The molecule has 3 heteroatoms. The van der Waals surface area contributed by atoms with Crippen LogP contribution < -0.4 is 10.1 Å². The van der Waals surface area contributed by atoms with E-state index < -0.39 is 0 Å². The molecule has 1 N–H and O–H groups in total. The van der Waals surface area contributed by atoms with Gasteiger partial charge in [0.15, 0.2) is 0 Å². The van der Waals surface area contributed by atoms with Gasteiger partial charge in [-0.25, -0.2) is 0 Å². The molecule has 2 unspecified atom stereocenters. The van der Waals surface area contributed by atoms with Crippen LogP contribution >= 0.6 is 0 Å². The molecule has 1 saturated heterocycles. The van der Waals surface area contributed by atoms with Gasteiger partial charge in [-0.2, -0.15) is 0 Å². The van der Waals surface area contributed by atoms with Crippen molar-refractivity contribution in [2.24, 2.45) is 5.92 Å². The molecule has 3 nitrogen and oxygen atoms in total. The van der Waals surface area contributed by atoms with Gasteiger partial charge in [0.25, 0.3) is 0 Å². The largest absolute Gasteiger partial charge is 0.497 e. The van der Waals surface area contributed by atoms with E-state index in [0.29, 0.717) is 6.04 Å². The van der Waals surface area contributed by atoms with Crippen molar-refractivity contribution in [3.63, 3.8) is 0 Å². The van der Waals surface area contributed by atoms with Crippen molar-refractivity contribution < 1.29 is 9.47 Å². The first-order valence-corrected chi connectivity index (χ1v) is 7.28. The number of methoxy groups -OCH3 is 1. The first kappa shape index (κ1) is 14.4. The molecule has 0 amide bonds. The first-order valence-electron chi connectivity index (χ1n) is 7.28. The molecule has 0 radical (unpaired) electrons. The van der Waals surface area contributed by atoms with Gasteiger partial charge in [0.1, 0.15) is 5.75 Å². The van der Waals surface area contributed by atoms with Crippen molar-refractivity contribution >= 4 is 0 Å². The molecule has 1 aliphatic rings. The van der Waals surface area contributed by atoms with Gasteiger partial charge in [-0.3, -0.25) is 0 Å². The summed E-state index contributed by atoms with van der Waals surface area (Å²) in [4.78, 5) is 0. The monoisotopic (exact) mass is 263 g/mol. The molecule has 1 fully saturated rings. The molecule has 0 bridgehead atoms. The number of ether oxygens (including phenoxy) is 2. The minimum Gasteiger partial charge on any atom is -0.497 e. The Balaban J connectivity index is 1.80. The number of hydrogen-bond donors (Lipinski definition) is 1. The third-order valence-corrected chi connectivity index (χ3v) is 3.89. The van der Waals surface area contributed by atoms with Crippen LogP contribution in [0, 0.1) is 5.92 Å². The fraction of sp³-hybridized carbons (Fsp3) is 0.625. The Hall–Kier alpha value is -1.06. The second kappa shape index (κ2) is 7.51. The summed E-state index contributed by atoms with van der Waals surface area (Å²) in [5.74, 6) is 1.67. The van der Waals surface area contributed by atoms with Crippen LogP contribution in [-0.4, -0.2) is 26.9 Å². The molecule has 0 aromatic heterocycles. The summed E-state index contributed by atoms with van der Waals surface area (Å²) >= 11 is 0. The molecular formula is C16H25NO2. The van der Waals surface area contributed by atoms with Gasteiger partial charge < -0.3 is 14.8 Å². The van der Waals surface area contributed by atoms with E-state index in [9.17, 15) is 0 Å². The lowest BCUT2D eigenvalue weighted by Crippen LogP contribution is -2.23. The fourth-order valence-electron chi connectivity index (χ4n) is 2.61. The van der Waals surface area contributed by atoms with E-state index in [2.05, 4.69) is 24.4 Å². The van der Waals surface area contributed by atoms with Gasteiger partial charge in [0.2, 0.25) is 0 Å². The van der Waals surface area contributed by atoms with Crippen LogP contribution in [0.4, 0.5) is 0 Å². The highest BCUT2D eigenvalue weighted by Gasteiger charge is 2.16. The van der Waals surface area contributed by atoms with E-state index in [1.54, 1.807) is 7.11 Å². The smallest absolute Gasteiger partial charge is 0.118 e. The second-order valence-electron chi connectivity index (χ2n) is 5.21. The van der Waals surface area contributed by atoms with Gasteiger partial charge in [0.05, 0.1) is 7.11 Å². The average molecular weight is 263 g/mol. The Bertz CT molecular complexity index is 358. The van der Waals surface area contributed by atoms with Crippen LogP contribution in [0.2, 0.25) is 0 Å². The normalized spacial score (nSPS) is 20.4. The maximum absolute atomic E-state index is 5.41. The summed E-state index contributed by atoms with van der Waals surface area (Å²) in [6, 6.07) is 8.81. The summed E-state index contributed by atoms with van der Waals surface area (Å²) in [6.45, 7) is 5.18. The number of hydrogen-bond acceptors (Lipinski definition) is 3. The molecule has 2 atom stereocenters. The standard InChI is InChI=1S/C16H25NO2/c1-3-16(14-4-6-15(18-2)7-5-14)17-10-8-13-9-11-19-12-13/h4-7,13,16-17H,3,8-12H2,1-2H3. The molecule has 0 spiro atoms. The topological polar surface area (TPSA) is 30.5 Å². The average Bonchev–Trinajstić information content (AvgIpc) is 2.97. The highest BCUT2D eigenvalue weighted by molar-refractivity contribution is 5.29. The molecule has 106 valence electrons. The highest BCUT2D eigenvalue weighted by Crippen LogP contribution is 2.21. The Kier molecular flexibility index (Phi) is 5.67. The number of benzene rings is 1. The SMILES string of the molecule is CCC(NCCC1CCOC1)c1ccc(OC)cc1. The summed E-state index contributed by atoms with van der Waals surface area (Å²) in [6.07, 6.45) is 3.54. The molecule has 1 aliphatic heterocycles. The van der Waals surface area contributed by atoms with Crippen molar-refractivity contribution in [2.45, 2.75) is 32.2 Å². The lowest BCUT2D eigenvalue weighted by atomic mass is 10.0. The van der Waals surface area contributed by atoms with E-state index >= 15 is 0 Å². The maximum atomic E-state index is 5.41. The second-order valence-corrected chi connectivity index (χ2v) is 5.21. The zero-order chi connectivity index (χ0) is 13.5. The van der Waals surface area contributed by atoms with Crippen molar-refractivity contribution in [1.82, 2.24) is 5.32 Å². The molecule has 0 saturated carbocycles. The Morgan fingerprint density at radius 3 is 2.74 bits per heavy atom. The van der Waals surface area contributed by atoms with Crippen LogP contribution in [0.3, 0.4) is 0 Å². The summed E-state index contributed by atoms with van der Waals surface area (Å²) in [7, 11) is 1.70. The summed E-state index contributed by atoms with van der Waals surface area (Å²) in [5.41, 5.74) is 1.34. The molecule has 1 aromatic rings. The minimum atomic E-state index is 0.438. The van der Waals surface area contributed by atoms with Gasteiger partial charge >= 0.3 is 0 Å². The van der Waals surface area contributed by atoms with Crippen LogP contribution in [0.5, 0.6) is 5.75 Å². The van der Waals surface area contributed by atoms with Crippen LogP contribution in [0.15, 0.2) is 24.3 Å². The predicted molar refractivity (Wildman–Crippen MR) is 77.6 cm³/mol. The van der Waals surface area contributed by atoms with E-state index in [1.165, 1.54) is 18.4 Å². The maximum Gasteiger partial charge on any atom is 0.118 e. The molecule has 2 rings (SSSR count). The third-order valence-electron chi connectivity index (χ3n) is 3.89. The summed E-state index contributed by atoms with van der Waals surface area (Å²) < 4.78 is 10.6. The highest BCUT2D eigenvalue weighted by atomic mass is 16.5. The Morgan fingerprint density at radius 1 is 1.37 bits per heavy atom. The van der Waals surface area contributed by atoms with E-state index in [1.807, 2.05) is 12.1 Å². The van der Waals surface area contributed by atoms with Gasteiger partial charge in [-0.15, -0.1) is 0 Å². The third kappa shape index (κ3) is 4.22. The van der Waals surface area contributed by atoms with Gasteiger partial charge in [-0.05, 0) is 49.4 Å². The Morgan fingerprint density at radius 2 is 2.16 bits per heavy atom. The van der Waals surface area contributed by atoms with Crippen LogP contribution in [-0.2, 0) is 4.74 Å². The first-order chi connectivity index (χ1) is 9.33. The fourth-order valence-corrected chi connectivity index (χ4v) is 2.61. The number of rotatable bonds is 7. The van der Waals surface area contributed by atoms with E-state index in [0.717, 1.165) is 37.8 Å². The molecular weight excluding hydrogens is 238 g/mol. The lowest BCUT2D eigenvalue weighted by Gasteiger charge is -2.19. The molecule has 1 aromatic carbocycles. The van der Waals surface area contributed by atoms with Crippen molar-refractivity contribution in [2.75, 3.05) is 26.9 Å². The van der Waals surface area contributed by atoms with Crippen molar-refractivity contribution in [3.8, 4) is 5.75 Å². The van der Waals surface area contributed by atoms with Gasteiger partial charge in [0, 0.05) is 19.3 Å².